The molecule has 0 saturated heterocycles. The van der Waals surface area contributed by atoms with Crippen molar-refractivity contribution in [1.29, 1.82) is 0 Å². The highest BCUT2D eigenvalue weighted by molar-refractivity contribution is 7.91. The van der Waals surface area contributed by atoms with E-state index in [4.69, 9.17) is 4.42 Å². The van der Waals surface area contributed by atoms with Gasteiger partial charge in [-0.15, -0.1) is 4.91 Å². The summed E-state index contributed by atoms with van der Waals surface area (Å²) in [5, 5.41) is 1.91. The second-order valence-corrected chi connectivity index (χ2v) is 5.95. The SMILES string of the molecule is O=NC(=O)c1ccc(CS(=O)(=O)C2CC2)o1. The fourth-order valence-corrected chi connectivity index (χ4v) is 3.00. The lowest BCUT2D eigenvalue weighted by Gasteiger charge is -1.98. The second-order valence-electron chi connectivity index (χ2n) is 3.67. The van der Waals surface area contributed by atoms with E-state index in [1.165, 1.54) is 12.1 Å². The minimum absolute atomic E-state index is 0.166. The summed E-state index contributed by atoms with van der Waals surface area (Å²) in [6, 6.07) is 2.62. The Bertz CT molecular complexity index is 526. The predicted octanol–water partition coefficient (Wildman–Crippen LogP) is 1.26. The molecular weight excluding hydrogens is 234 g/mol. The summed E-state index contributed by atoms with van der Waals surface area (Å²) in [7, 11) is -3.17. The van der Waals surface area contributed by atoms with E-state index in [2.05, 4.69) is 5.18 Å². The van der Waals surface area contributed by atoms with Gasteiger partial charge >= 0.3 is 5.91 Å². The number of nitrogens with zero attached hydrogens (tertiary/aromatic N) is 1. The lowest BCUT2D eigenvalue weighted by atomic mass is 10.4. The van der Waals surface area contributed by atoms with Crippen LogP contribution in [0.2, 0.25) is 0 Å². The van der Waals surface area contributed by atoms with Crippen LogP contribution in [0.5, 0.6) is 0 Å². The van der Waals surface area contributed by atoms with E-state index in [9.17, 15) is 18.1 Å². The Hall–Kier alpha value is -1.50. The summed E-state index contributed by atoms with van der Waals surface area (Å²) in [5.41, 5.74) is 0. The number of amides is 1. The van der Waals surface area contributed by atoms with Gasteiger partial charge in [0.25, 0.3) is 0 Å². The van der Waals surface area contributed by atoms with Gasteiger partial charge in [-0.25, -0.2) is 8.42 Å². The molecule has 86 valence electrons. The van der Waals surface area contributed by atoms with Gasteiger partial charge in [-0.1, -0.05) is 0 Å². The van der Waals surface area contributed by atoms with Crippen molar-refractivity contribution in [3.63, 3.8) is 0 Å². The molecule has 1 aliphatic carbocycles. The van der Waals surface area contributed by atoms with Gasteiger partial charge in [0.15, 0.2) is 15.6 Å². The third kappa shape index (κ3) is 2.19. The zero-order valence-corrected chi connectivity index (χ0v) is 9.07. The molecule has 0 N–H and O–H groups in total. The molecule has 2 rings (SSSR count). The van der Waals surface area contributed by atoms with Crippen molar-refractivity contribution in [2.45, 2.75) is 23.8 Å². The van der Waals surface area contributed by atoms with Gasteiger partial charge in [-0.3, -0.25) is 4.79 Å². The number of furan rings is 1. The zero-order chi connectivity index (χ0) is 11.8. The first-order valence-corrected chi connectivity index (χ1v) is 6.42. The molecule has 0 spiro atoms. The molecule has 16 heavy (non-hydrogen) atoms. The molecule has 1 aromatic heterocycles. The van der Waals surface area contributed by atoms with Gasteiger partial charge in [-0.2, -0.15) is 0 Å². The maximum atomic E-state index is 11.6. The smallest absolute Gasteiger partial charge is 0.351 e. The van der Waals surface area contributed by atoms with Crippen molar-refractivity contribution in [2.75, 3.05) is 0 Å². The van der Waals surface area contributed by atoms with Crippen molar-refractivity contribution in [1.82, 2.24) is 0 Å². The molecule has 1 aromatic rings. The maximum absolute atomic E-state index is 11.6. The lowest BCUT2D eigenvalue weighted by Crippen LogP contribution is -2.09. The quantitative estimate of drug-likeness (QED) is 0.742. The Labute approximate surface area is 91.5 Å². The van der Waals surface area contributed by atoms with E-state index in [0.29, 0.717) is 12.8 Å². The Balaban J connectivity index is 2.13. The summed E-state index contributed by atoms with van der Waals surface area (Å²) in [6.07, 6.45) is 1.37. The maximum Gasteiger partial charge on any atom is 0.351 e. The molecule has 0 atom stereocenters. The molecular formula is C9H9NO5S. The van der Waals surface area contributed by atoms with Crippen LogP contribution in [0.4, 0.5) is 0 Å². The highest BCUT2D eigenvalue weighted by atomic mass is 32.2. The second kappa shape index (κ2) is 3.82. The largest absolute Gasteiger partial charge is 0.455 e. The molecule has 0 bridgehead atoms. The van der Waals surface area contributed by atoms with Crippen molar-refractivity contribution >= 4 is 15.7 Å². The van der Waals surface area contributed by atoms with Crippen LogP contribution in [-0.2, 0) is 15.6 Å². The van der Waals surface area contributed by atoms with Crippen LogP contribution in [0.15, 0.2) is 21.7 Å². The van der Waals surface area contributed by atoms with E-state index in [-0.39, 0.29) is 22.5 Å². The van der Waals surface area contributed by atoms with Crippen molar-refractivity contribution in [3.05, 3.63) is 28.6 Å². The predicted molar refractivity (Wildman–Crippen MR) is 54.5 cm³/mol. The van der Waals surface area contributed by atoms with Crippen molar-refractivity contribution in [2.24, 2.45) is 5.18 Å². The normalized spacial score (nSPS) is 16.0. The number of carbonyl (C=O) groups excluding carboxylic acids is 1. The zero-order valence-electron chi connectivity index (χ0n) is 8.25. The van der Waals surface area contributed by atoms with Gasteiger partial charge in [-0.05, 0) is 25.0 Å². The van der Waals surface area contributed by atoms with Crippen molar-refractivity contribution in [3.8, 4) is 0 Å². The Morgan fingerprint density at radius 3 is 2.69 bits per heavy atom. The minimum atomic E-state index is -3.17. The average Bonchev–Trinajstić information content (AvgIpc) is 3.00. The van der Waals surface area contributed by atoms with Gasteiger partial charge in [0, 0.05) is 5.18 Å². The summed E-state index contributed by atoms with van der Waals surface area (Å²) < 4.78 is 28.1. The number of carbonyl (C=O) groups is 1. The molecule has 6 nitrogen and oxygen atoms in total. The molecule has 7 heteroatoms. The number of sulfone groups is 1. The summed E-state index contributed by atoms with van der Waals surface area (Å²) in [4.78, 5) is 20.8. The van der Waals surface area contributed by atoms with E-state index < -0.39 is 15.7 Å². The molecule has 1 fully saturated rings. The highest BCUT2D eigenvalue weighted by Gasteiger charge is 2.36. The van der Waals surface area contributed by atoms with Crippen LogP contribution in [0, 0.1) is 4.91 Å². The number of rotatable bonds is 4. The average molecular weight is 243 g/mol. The molecule has 0 aromatic carbocycles. The Kier molecular flexibility index (Phi) is 2.63. The van der Waals surface area contributed by atoms with Crippen LogP contribution in [0.3, 0.4) is 0 Å². The molecule has 1 heterocycles. The van der Waals surface area contributed by atoms with Crippen LogP contribution in [-0.4, -0.2) is 19.6 Å². The standard InChI is InChI=1S/C9H9NO5S/c11-9(10-12)8-4-1-6(15-8)5-16(13,14)7-2-3-7/h1,4,7H,2-3,5H2. The van der Waals surface area contributed by atoms with E-state index in [1.54, 1.807) is 0 Å². The summed E-state index contributed by atoms with van der Waals surface area (Å²) >= 11 is 0. The molecule has 0 radical (unpaired) electrons. The first-order valence-electron chi connectivity index (χ1n) is 4.71. The minimum Gasteiger partial charge on any atom is -0.455 e. The fraction of sp³-hybridized carbons (Fsp3) is 0.444. The van der Waals surface area contributed by atoms with Gasteiger partial charge in [0.2, 0.25) is 0 Å². The van der Waals surface area contributed by atoms with Gasteiger partial charge in [0.1, 0.15) is 11.5 Å². The number of nitroso groups, excluding NO2 is 1. The molecule has 0 unspecified atom stereocenters. The first-order chi connectivity index (χ1) is 7.53. The summed E-state index contributed by atoms with van der Waals surface area (Å²) in [5.74, 6) is -1.32. The molecule has 1 aliphatic rings. The van der Waals surface area contributed by atoms with Crippen LogP contribution < -0.4 is 0 Å². The van der Waals surface area contributed by atoms with E-state index >= 15 is 0 Å². The molecule has 0 aliphatic heterocycles. The highest BCUT2D eigenvalue weighted by Crippen LogP contribution is 2.31. The summed E-state index contributed by atoms with van der Waals surface area (Å²) in [6.45, 7) is 0. The Morgan fingerprint density at radius 2 is 2.12 bits per heavy atom. The van der Waals surface area contributed by atoms with Crippen LogP contribution in [0.1, 0.15) is 29.2 Å². The molecule has 1 amide bonds. The van der Waals surface area contributed by atoms with Gasteiger partial charge in [0.05, 0.1) is 5.25 Å². The lowest BCUT2D eigenvalue weighted by molar-refractivity contribution is 0.0973. The third-order valence-corrected chi connectivity index (χ3v) is 4.51. The third-order valence-electron chi connectivity index (χ3n) is 2.33. The van der Waals surface area contributed by atoms with Crippen molar-refractivity contribution < 1.29 is 17.6 Å². The van der Waals surface area contributed by atoms with E-state index in [0.717, 1.165) is 0 Å². The van der Waals surface area contributed by atoms with E-state index in [1.807, 2.05) is 0 Å². The number of hydrogen-bond donors (Lipinski definition) is 0. The Morgan fingerprint density at radius 1 is 1.44 bits per heavy atom. The fourth-order valence-electron chi connectivity index (χ4n) is 1.36. The van der Waals surface area contributed by atoms with Crippen LogP contribution >= 0.6 is 0 Å². The molecule has 1 saturated carbocycles. The van der Waals surface area contributed by atoms with Crippen LogP contribution in [0.25, 0.3) is 0 Å². The monoisotopic (exact) mass is 243 g/mol. The first kappa shape index (κ1) is 11.0. The van der Waals surface area contributed by atoms with Gasteiger partial charge < -0.3 is 4.42 Å². The topological polar surface area (TPSA) is 93.8 Å². The number of hydrogen-bond acceptors (Lipinski definition) is 5.